The van der Waals surface area contributed by atoms with Crippen LogP contribution in [0.25, 0.3) is 5.69 Å². The van der Waals surface area contributed by atoms with Crippen molar-refractivity contribution in [3.8, 4) is 11.4 Å². The SMILES string of the molecule is COc1ccc(N=Cc2ccn(-c3ccccc3)c2)cc1. The summed E-state index contributed by atoms with van der Waals surface area (Å²) in [6, 6.07) is 19.9. The molecule has 2 aromatic carbocycles. The van der Waals surface area contributed by atoms with E-state index in [0.717, 1.165) is 22.7 Å². The Labute approximate surface area is 124 Å². The zero-order valence-corrected chi connectivity index (χ0v) is 11.8. The largest absolute Gasteiger partial charge is 0.497 e. The summed E-state index contributed by atoms with van der Waals surface area (Å²) in [6.45, 7) is 0. The lowest BCUT2D eigenvalue weighted by Crippen LogP contribution is -1.88. The van der Waals surface area contributed by atoms with Gasteiger partial charge in [0, 0.05) is 29.9 Å². The summed E-state index contributed by atoms with van der Waals surface area (Å²) in [4.78, 5) is 4.47. The Hall–Kier alpha value is -2.81. The van der Waals surface area contributed by atoms with Crippen molar-refractivity contribution in [1.29, 1.82) is 0 Å². The Morgan fingerprint density at radius 3 is 2.43 bits per heavy atom. The number of aliphatic imine (C=N–C) groups is 1. The van der Waals surface area contributed by atoms with Crippen molar-refractivity contribution in [2.24, 2.45) is 4.99 Å². The smallest absolute Gasteiger partial charge is 0.119 e. The number of hydrogen-bond acceptors (Lipinski definition) is 2. The van der Waals surface area contributed by atoms with Crippen LogP contribution in [0.4, 0.5) is 5.69 Å². The van der Waals surface area contributed by atoms with Gasteiger partial charge in [0.25, 0.3) is 0 Å². The third kappa shape index (κ3) is 3.20. The van der Waals surface area contributed by atoms with E-state index in [9.17, 15) is 0 Å². The second kappa shape index (κ2) is 6.09. The molecule has 3 aromatic rings. The van der Waals surface area contributed by atoms with Gasteiger partial charge in [0.2, 0.25) is 0 Å². The molecule has 0 aliphatic carbocycles. The van der Waals surface area contributed by atoms with Gasteiger partial charge < -0.3 is 9.30 Å². The van der Waals surface area contributed by atoms with E-state index in [2.05, 4.69) is 27.9 Å². The Balaban J connectivity index is 1.76. The third-order valence-corrected chi connectivity index (χ3v) is 3.21. The van der Waals surface area contributed by atoms with Crippen molar-refractivity contribution < 1.29 is 4.74 Å². The number of para-hydroxylation sites is 1. The number of nitrogens with zero attached hydrogens (tertiary/aromatic N) is 2. The molecule has 0 unspecified atom stereocenters. The van der Waals surface area contributed by atoms with Gasteiger partial charge in [0.05, 0.1) is 12.8 Å². The minimum atomic E-state index is 0.837. The molecule has 0 fully saturated rings. The van der Waals surface area contributed by atoms with Crippen molar-refractivity contribution in [3.05, 3.63) is 78.6 Å². The van der Waals surface area contributed by atoms with E-state index in [0.29, 0.717) is 0 Å². The molecule has 0 saturated heterocycles. The number of benzene rings is 2. The third-order valence-electron chi connectivity index (χ3n) is 3.21. The predicted molar refractivity (Wildman–Crippen MR) is 86.0 cm³/mol. The fourth-order valence-electron chi connectivity index (χ4n) is 2.07. The molecule has 3 rings (SSSR count). The van der Waals surface area contributed by atoms with Crippen LogP contribution in [0.1, 0.15) is 5.56 Å². The van der Waals surface area contributed by atoms with Crippen molar-refractivity contribution in [2.45, 2.75) is 0 Å². The van der Waals surface area contributed by atoms with Crippen LogP contribution in [0.5, 0.6) is 5.75 Å². The average Bonchev–Trinajstić information content (AvgIpc) is 3.03. The highest BCUT2D eigenvalue weighted by atomic mass is 16.5. The molecule has 3 nitrogen and oxygen atoms in total. The van der Waals surface area contributed by atoms with Gasteiger partial charge >= 0.3 is 0 Å². The molecule has 0 amide bonds. The fourth-order valence-corrected chi connectivity index (χ4v) is 2.07. The molecule has 0 aliphatic heterocycles. The van der Waals surface area contributed by atoms with E-state index in [4.69, 9.17) is 4.74 Å². The van der Waals surface area contributed by atoms with Crippen LogP contribution in [0, 0.1) is 0 Å². The lowest BCUT2D eigenvalue weighted by atomic mass is 10.3. The maximum atomic E-state index is 5.13. The van der Waals surface area contributed by atoms with Gasteiger partial charge in [0.15, 0.2) is 0 Å². The fraction of sp³-hybridized carbons (Fsp3) is 0.0556. The van der Waals surface area contributed by atoms with E-state index in [1.54, 1.807) is 7.11 Å². The van der Waals surface area contributed by atoms with Crippen LogP contribution in [0.3, 0.4) is 0 Å². The van der Waals surface area contributed by atoms with Gasteiger partial charge in [-0.15, -0.1) is 0 Å². The molecule has 0 spiro atoms. The normalized spacial score (nSPS) is 10.9. The van der Waals surface area contributed by atoms with Crippen molar-refractivity contribution in [1.82, 2.24) is 4.57 Å². The minimum absolute atomic E-state index is 0.837. The second-order valence-electron chi connectivity index (χ2n) is 4.64. The maximum absolute atomic E-state index is 5.13. The van der Waals surface area contributed by atoms with E-state index >= 15 is 0 Å². The summed E-state index contributed by atoms with van der Waals surface area (Å²) in [6.07, 6.45) is 5.95. The Kier molecular flexibility index (Phi) is 3.83. The molecule has 1 aromatic heterocycles. The monoisotopic (exact) mass is 276 g/mol. The maximum Gasteiger partial charge on any atom is 0.119 e. The number of hydrogen-bond donors (Lipinski definition) is 0. The highest BCUT2D eigenvalue weighted by molar-refractivity contribution is 5.81. The molecule has 1 heterocycles. The van der Waals surface area contributed by atoms with Gasteiger partial charge in [-0.3, -0.25) is 4.99 Å². The summed E-state index contributed by atoms with van der Waals surface area (Å²) in [5.41, 5.74) is 3.11. The van der Waals surface area contributed by atoms with Crippen LogP contribution >= 0.6 is 0 Å². The molecule has 0 N–H and O–H groups in total. The minimum Gasteiger partial charge on any atom is -0.497 e. The van der Waals surface area contributed by atoms with Crippen molar-refractivity contribution in [3.63, 3.8) is 0 Å². The molecule has 0 aliphatic rings. The zero-order chi connectivity index (χ0) is 14.5. The summed E-state index contributed by atoms with van der Waals surface area (Å²) in [5.74, 6) is 0.837. The first kappa shape index (κ1) is 13.2. The summed E-state index contributed by atoms with van der Waals surface area (Å²) >= 11 is 0. The predicted octanol–water partition coefficient (Wildman–Crippen LogP) is 4.24. The number of ether oxygens (including phenoxy) is 1. The molecule has 0 radical (unpaired) electrons. The second-order valence-corrected chi connectivity index (χ2v) is 4.64. The molecule has 0 bridgehead atoms. The molecule has 3 heteroatoms. The first-order valence-electron chi connectivity index (χ1n) is 6.77. The van der Waals surface area contributed by atoms with E-state index in [1.165, 1.54) is 0 Å². The van der Waals surface area contributed by atoms with Crippen LogP contribution in [-0.2, 0) is 0 Å². The molecular formula is C18H16N2O. The van der Waals surface area contributed by atoms with E-state index < -0.39 is 0 Å². The van der Waals surface area contributed by atoms with Gasteiger partial charge in [-0.05, 0) is 42.5 Å². The number of methoxy groups -OCH3 is 1. The van der Waals surface area contributed by atoms with Crippen LogP contribution in [0.15, 0.2) is 78.0 Å². The first-order chi connectivity index (χ1) is 10.3. The number of rotatable bonds is 4. The topological polar surface area (TPSA) is 26.5 Å². The summed E-state index contributed by atoms with van der Waals surface area (Å²) in [5, 5.41) is 0. The van der Waals surface area contributed by atoms with Crippen LogP contribution in [-0.4, -0.2) is 17.9 Å². The van der Waals surface area contributed by atoms with Crippen molar-refractivity contribution >= 4 is 11.9 Å². The highest BCUT2D eigenvalue weighted by Gasteiger charge is 1.97. The van der Waals surface area contributed by atoms with Gasteiger partial charge in [-0.2, -0.15) is 0 Å². The van der Waals surface area contributed by atoms with E-state index in [-0.39, 0.29) is 0 Å². The average molecular weight is 276 g/mol. The quantitative estimate of drug-likeness (QED) is 0.655. The van der Waals surface area contributed by atoms with E-state index in [1.807, 2.05) is 60.9 Å². The Bertz CT molecular complexity index is 727. The first-order valence-corrected chi connectivity index (χ1v) is 6.77. The Morgan fingerprint density at radius 1 is 0.952 bits per heavy atom. The molecular weight excluding hydrogens is 260 g/mol. The van der Waals surface area contributed by atoms with Crippen LogP contribution in [0.2, 0.25) is 0 Å². The lowest BCUT2D eigenvalue weighted by molar-refractivity contribution is 0.415. The van der Waals surface area contributed by atoms with Gasteiger partial charge in [-0.1, -0.05) is 18.2 Å². The van der Waals surface area contributed by atoms with Gasteiger partial charge in [-0.25, -0.2) is 0 Å². The lowest BCUT2D eigenvalue weighted by Gasteiger charge is -2.00. The summed E-state index contributed by atoms with van der Waals surface area (Å²) < 4.78 is 7.21. The zero-order valence-electron chi connectivity index (χ0n) is 11.8. The Morgan fingerprint density at radius 2 is 1.71 bits per heavy atom. The van der Waals surface area contributed by atoms with Crippen molar-refractivity contribution in [2.75, 3.05) is 7.11 Å². The summed E-state index contributed by atoms with van der Waals surface area (Å²) in [7, 11) is 1.66. The molecule has 21 heavy (non-hydrogen) atoms. The van der Waals surface area contributed by atoms with Crippen LogP contribution < -0.4 is 4.74 Å². The highest BCUT2D eigenvalue weighted by Crippen LogP contribution is 2.17. The number of aromatic nitrogens is 1. The molecule has 0 atom stereocenters. The standard InChI is InChI=1S/C18H16N2O/c1-21-18-9-7-16(8-10-18)19-13-15-11-12-20(14-15)17-5-3-2-4-6-17/h2-14H,1H3. The molecule has 104 valence electrons. The molecule has 0 saturated carbocycles. The van der Waals surface area contributed by atoms with Gasteiger partial charge in [0.1, 0.15) is 5.75 Å².